The van der Waals surface area contributed by atoms with E-state index in [1.54, 1.807) is 29.2 Å². The fourth-order valence-corrected chi connectivity index (χ4v) is 5.99. The fourth-order valence-electron chi connectivity index (χ4n) is 4.45. The SMILES string of the molecule is CC(C)(C)NC(=O)C(Cc1ccccc1)N(Cc1cccc(Br)c1)C(=O)CCCN(c1ccc(Cl)cc1)S(C)(=O)=O. The molecule has 41 heavy (non-hydrogen) atoms. The van der Waals surface area contributed by atoms with Gasteiger partial charge in [-0.25, -0.2) is 8.42 Å². The van der Waals surface area contributed by atoms with E-state index in [9.17, 15) is 18.0 Å². The van der Waals surface area contributed by atoms with E-state index in [4.69, 9.17) is 11.6 Å². The Morgan fingerprint density at radius 2 is 1.59 bits per heavy atom. The van der Waals surface area contributed by atoms with Gasteiger partial charge in [0.25, 0.3) is 0 Å². The van der Waals surface area contributed by atoms with Gasteiger partial charge >= 0.3 is 0 Å². The summed E-state index contributed by atoms with van der Waals surface area (Å²) in [4.78, 5) is 29.2. The molecule has 0 saturated carbocycles. The van der Waals surface area contributed by atoms with E-state index < -0.39 is 21.6 Å². The molecule has 0 radical (unpaired) electrons. The zero-order valence-electron chi connectivity index (χ0n) is 23.8. The molecule has 3 aromatic carbocycles. The largest absolute Gasteiger partial charge is 0.350 e. The Labute approximate surface area is 257 Å². The topological polar surface area (TPSA) is 86.8 Å². The molecular weight excluding hydrogens is 626 g/mol. The highest BCUT2D eigenvalue weighted by Gasteiger charge is 2.32. The molecule has 1 N–H and O–H groups in total. The van der Waals surface area contributed by atoms with Gasteiger partial charge in [-0.3, -0.25) is 13.9 Å². The summed E-state index contributed by atoms with van der Waals surface area (Å²) in [5.74, 6) is -0.483. The molecule has 1 unspecified atom stereocenters. The van der Waals surface area contributed by atoms with Crippen LogP contribution in [0.15, 0.2) is 83.3 Å². The molecule has 0 aliphatic rings. The lowest BCUT2D eigenvalue weighted by atomic mass is 10.00. The smallest absolute Gasteiger partial charge is 0.243 e. The lowest BCUT2D eigenvalue weighted by molar-refractivity contribution is -0.142. The molecule has 220 valence electrons. The first kappa shape index (κ1) is 32.6. The average molecular weight is 663 g/mol. The van der Waals surface area contributed by atoms with Crippen molar-refractivity contribution < 1.29 is 18.0 Å². The number of carbonyl (C=O) groups is 2. The summed E-state index contributed by atoms with van der Waals surface area (Å²) in [6.07, 6.45) is 1.79. The first-order chi connectivity index (χ1) is 19.2. The number of anilines is 1. The number of nitrogens with zero attached hydrogens (tertiary/aromatic N) is 2. The molecule has 0 aromatic heterocycles. The Kier molecular flexibility index (Phi) is 11.4. The van der Waals surface area contributed by atoms with E-state index in [-0.39, 0.29) is 37.7 Å². The molecular formula is C31H37BrClN3O4S. The summed E-state index contributed by atoms with van der Waals surface area (Å²) in [5, 5.41) is 3.55. The van der Waals surface area contributed by atoms with Crippen LogP contribution in [0.5, 0.6) is 0 Å². The van der Waals surface area contributed by atoms with E-state index in [2.05, 4.69) is 21.2 Å². The maximum atomic E-state index is 13.9. The maximum Gasteiger partial charge on any atom is 0.243 e. The van der Waals surface area contributed by atoms with Gasteiger partial charge in [0.15, 0.2) is 0 Å². The van der Waals surface area contributed by atoms with Gasteiger partial charge < -0.3 is 10.2 Å². The molecule has 3 aromatic rings. The summed E-state index contributed by atoms with van der Waals surface area (Å²) in [6, 6.07) is 23.0. The van der Waals surface area contributed by atoms with Gasteiger partial charge in [0.05, 0.1) is 11.9 Å². The predicted octanol–water partition coefficient (Wildman–Crippen LogP) is 6.20. The average Bonchev–Trinajstić information content (AvgIpc) is 2.88. The Morgan fingerprint density at radius 1 is 0.951 bits per heavy atom. The summed E-state index contributed by atoms with van der Waals surface area (Å²) in [7, 11) is -3.60. The molecule has 0 fully saturated rings. The zero-order valence-corrected chi connectivity index (χ0v) is 27.0. The van der Waals surface area contributed by atoms with Crippen LogP contribution in [0.25, 0.3) is 0 Å². The number of hydrogen-bond donors (Lipinski definition) is 1. The fraction of sp³-hybridized carbons (Fsp3) is 0.355. The molecule has 0 spiro atoms. The van der Waals surface area contributed by atoms with Gasteiger partial charge in [0, 0.05) is 41.0 Å². The van der Waals surface area contributed by atoms with E-state index in [1.807, 2.05) is 75.4 Å². The summed E-state index contributed by atoms with van der Waals surface area (Å²) in [6.45, 7) is 6.04. The second-order valence-corrected chi connectivity index (χ2v) is 14.3. The first-order valence-corrected chi connectivity index (χ1v) is 16.4. The number of halogens is 2. The minimum Gasteiger partial charge on any atom is -0.350 e. The maximum absolute atomic E-state index is 13.9. The Bertz CT molecular complexity index is 1430. The minimum absolute atomic E-state index is 0.0572. The van der Waals surface area contributed by atoms with Crippen LogP contribution in [-0.2, 0) is 32.6 Å². The molecule has 0 aliphatic carbocycles. The zero-order chi connectivity index (χ0) is 30.2. The highest BCUT2D eigenvalue weighted by atomic mass is 79.9. The van der Waals surface area contributed by atoms with Crippen molar-refractivity contribution in [2.24, 2.45) is 0 Å². The number of benzene rings is 3. The monoisotopic (exact) mass is 661 g/mol. The van der Waals surface area contributed by atoms with Crippen molar-refractivity contribution in [3.05, 3.63) is 99.5 Å². The van der Waals surface area contributed by atoms with Crippen LogP contribution in [0.4, 0.5) is 5.69 Å². The van der Waals surface area contributed by atoms with Crippen molar-refractivity contribution >= 4 is 55.1 Å². The van der Waals surface area contributed by atoms with Gasteiger partial charge in [-0.05, 0) is 74.7 Å². The van der Waals surface area contributed by atoms with Crippen LogP contribution in [0, 0.1) is 0 Å². The van der Waals surface area contributed by atoms with Crippen LogP contribution >= 0.6 is 27.5 Å². The van der Waals surface area contributed by atoms with Crippen LogP contribution in [-0.4, -0.2) is 49.5 Å². The third kappa shape index (κ3) is 10.5. The van der Waals surface area contributed by atoms with Crippen molar-refractivity contribution in [2.75, 3.05) is 17.1 Å². The third-order valence-corrected chi connectivity index (χ3v) is 8.22. The van der Waals surface area contributed by atoms with Crippen molar-refractivity contribution in [1.82, 2.24) is 10.2 Å². The number of rotatable bonds is 12. The second kappa shape index (κ2) is 14.3. The van der Waals surface area contributed by atoms with Crippen LogP contribution < -0.4 is 9.62 Å². The van der Waals surface area contributed by atoms with Crippen LogP contribution in [0.2, 0.25) is 5.02 Å². The van der Waals surface area contributed by atoms with E-state index >= 15 is 0 Å². The highest BCUT2D eigenvalue weighted by Crippen LogP contribution is 2.23. The van der Waals surface area contributed by atoms with E-state index in [1.165, 1.54) is 4.31 Å². The molecule has 2 amide bonds. The molecule has 0 aliphatic heterocycles. The highest BCUT2D eigenvalue weighted by molar-refractivity contribution is 9.10. The molecule has 3 rings (SSSR count). The van der Waals surface area contributed by atoms with Gasteiger partial charge in [-0.2, -0.15) is 0 Å². The number of sulfonamides is 1. The summed E-state index contributed by atoms with van der Waals surface area (Å²) >= 11 is 9.49. The van der Waals surface area contributed by atoms with E-state index in [0.717, 1.165) is 21.9 Å². The van der Waals surface area contributed by atoms with E-state index in [0.29, 0.717) is 17.1 Å². The predicted molar refractivity (Wildman–Crippen MR) is 169 cm³/mol. The van der Waals surface area contributed by atoms with Crippen molar-refractivity contribution in [1.29, 1.82) is 0 Å². The molecule has 0 bridgehead atoms. The van der Waals surface area contributed by atoms with Crippen LogP contribution in [0.3, 0.4) is 0 Å². The van der Waals surface area contributed by atoms with Crippen molar-refractivity contribution in [3.63, 3.8) is 0 Å². The minimum atomic E-state index is -3.60. The number of carbonyl (C=O) groups excluding carboxylic acids is 2. The number of nitrogens with one attached hydrogen (secondary N) is 1. The number of amides is 2. The van der Waals surface area contributed by atoms with Gasteiger partial charge in [-0.1, -0.05) is 70.0 Å². The summed E-state index contributed by atoms with van der Waals surface area (Å²) in [5.41, 5.74) is 1.78. The van der Waals surface area contributed by atoms with Crippen molar-refractivity contribution in [3.8, 4) is 0 Å². The standard InChI is InChI=1S/C31H37BrClN3O4S/c1-31(2,3)34-30(38)28(21-23-10-6-5-7-11-23)35(22-24-12-8-13-25(32)20-24)29(37)14-9-19-36(41(4,39)40)27-17-15-26(33)16-18-27/h5-8,10-13,15-18,20,28H,9,14,19,21-22H2,1-4H3,(H,34,38). The lowest BCUT2D eigenvalue weighted by Gasteiger charge is -2.34. The van der Waals surface area contributed by atoms with Gasteiger partial charge in [0.1, 0.15) is 6.04 Å². The molecule has 7 nitrogen and oxygen atoms in total. The van der Waals surface area contributed by atoms with Gasteiger partial charge in [0.2, 0.25) is 21.8 Å². The third-order valence-electron chi connectivity index (χ3n) is 6.28. The Morgan fingerprint density at radius 3 is 2.17 bits per heavy atom. The molecule has 1 atom stereocenters. The Balaban J connectivity index is 1.90. The lowest BCUT2D eigenvalue weighted by Crippen LogP contribution is -2.54. The quantitative estimate of drug-likeness (QED) is 0.250. The Hall–Kier alpha value is -2.88. The van der Waals surface area contributed by atoms with Crippen LogP contribution in [0.1, 0.15) is 44.7 Å². The van der Waals surface area contributed by atoms with Crippen molar-refractivity contribution in [2.45, 2.75) is 58.2 Å². The first-order valence-electron chi connectivity index (χ1n) is 13.4. The summed E-state index contributed by atoms with van der Waals surface area (Å²) < 4.78 is 27.3. The molecule has 0 saturated heterocycles. The molecule has 10 heteroatoms. The molecule has 0 heterocycles. The normalized spacial score (nSPS) is 12.4. The van der Waals surface area contributed by atoms with Gasteiger partial charge in [-0.15, -0.1) is 0 Å². The number of hydrogen-bond acceptors (Lipinski definition) is 4. The second-order valence-electron chi connectivity index (χ2n) is 11.0.